The molecule has 0 spiro atoms. The van der Waals surface area contributed by atoms with Gasteiger partial charge in [-0.05, 0) is 12.1 Å². The van der Waals surface area contributed by atoms with Crippen LogP contribution in [0.5, 0.6) is 0 Å². The van der Waals surface area contributed by atoms with Crippen molar-refractivity contribution in [2.24, 2.45) is 7.05 Å². The van der Waals surface area contributed by atoms with Crippen molar-refractivity contribution in [1.29, 1.82) is 0 Å². The first kappa shape index (κ1) is 12.5. The summed E-state index contributed by atoms with van der Waals surface area (Å²) in [6.45, 7) is 0. The SMILES string of the molecule is Cn1cc(-c2cnc3[nH]cc(-c4ccnc(N)n4)c3c2)cn1. The van der Waals surface area contributed by atoms with Crippen LogP contribution in [0.1, 0.15) is 0 Å². The molecule has 0 unspecified atom stereocenters. The van der Waals surface area contributed by atoms with E-state index in [4.69, 9.17) is 5.73 Å². The number of nitrogen functional groups attached to an aromatic ring is 1. The lowest BCUT2D eigenvalue weighted by molar-refractivity contribution is 0.768. The van der Waals surface area contributed by atoms with Crippen LogP contribution < -0.4 is 5.73 Å². The molecule has 0 bridgehead atoms. The molecule has 0 amide bonds. The second-order valence-corrected chi connectivity index (χ2v) is 5.03. The molecule has 4 rings (SSSR count). The normalized spacial score (nSPS) is 11.1. The summed E-state index contributed by atoms with van der Waals surface area (Å²) in [6, 6.07) is 3.90. The smallest absolute Gasteiger partial charge is 0.220 e. The number of H-pyrrole nitrogens is 1. The van der Waals surface area contributed by atoms with Crippen LogP contribution in [0.4, 0.5) is 5.95 Å². The number of fused-ring (bicyclic) bond motifs is 1. The molecular weight excluding hydrogens is 278 g/mol. The Balaban J connectivity index is 1.90. The molecule has 0 aliphatic heterocycles. The van der Waals surface area contributed by atoms with E-state index in [1.807, 2.05) is 37.9 Å². The number of pyridine rings is 1. The zero-order valence-corrected chi connectivity index (χ0v) is 11.9. The van der Waals surface area contributed by atoms with Crippen LogP contribution in [0.25, 0.3) is 33.4 Å². The highest BCUT2D eigenvalue weighted by molar-refractivity contribution is 5.94. The molecular formula is C15H13N7. The molecule has 7 heteroatoms. The van der Waals surface area contributed by atoms with Crippen molar-refractivity contribution in [2.75, 3.05) is 5.73 Å². The first-order valence-electron chi connectivity index (χ1n) is 6.76. The third-order valence-corrected chi connectivity index (χ3v) is 3.52. The fourth-order valence-corrected chi connectivity index (χ4v) is 2.47. The number of rotatable bonds is 2. The van der Waals surface area contributed by atoms with Crippen LogP contribution >= 0.6 is 0 Å². The number of aromatic amines is 1. The molecule has 0 saturated carbocycles. The van der Waals surface area contributed by atoms with E-state index in [-0.39, 0.29) is 5.95 Å². The molecule has 3 N–H and O–H groups in total. The van der Waals surface area contributed by atoms with E-state index in [9.17, 15) is 0 Å². The van der Waals surface area contributed by atoms with E-state index in [1.54, 1.807) is 10.9 Å². The molecule has 4 heterocycles. The maximum Gasteiger partial charge on any atom is 0.220 e. The van der Waals surface area contributed by atoms with Gasteiger partial charge in [-0.3, -0.25) is 4.68 Å². The quantitative estimate of drug-likeness (QED) is 0.588. The van der Waals surface area contributed by atoms with Gasteiger partial charge in [0.2, 0.25) is 5.95 Å². The van der Waals surface area contributed by atoms with Gasteiger partial charge >= 0.3 is 0 Å². The summed E-state index contributed by atoms with van der Waals surface area (Å²) < 4.78 is 1.77. The van der Waals surface area contributed by atoms with Crippen LogP contribution in [0.15, 0.2) is 43.1 Å². The van der Waals surface area contributed by atoms with Crippen LogP contribution in [0, 0.1) is 0 Å². The van der Waals surface area contributed by atoms with Crippen molar-refractivity contribution in [3.8, 4) is 22.4 Å². The first-order valence-corrected chi connectivity index (χ1v) is 6.76. The maximum absolute atomic E-state index is 5.67. The molecule has 22 heavy (non-hydrogen) atoms. The lowest BCUT2D eigenvalue weighted by atomic mass is 10.1. The average molecular weight is 291 g/mol. The minimum Gasteiger partial charge on any atom is -0.368 e. The molecule has 7 nitrogen and oxygen atoms in total. The average Bonchev–Trinajstić information content (AvgIpc) is 3.12. The zero-order chi connectivity index (χ0) is 15.1. The Hall–Kier alpha value is -3.22. The molecule has 0 aliphatic carbocycles. The zero-order valence-electron chi connectivity index (χ0n) is 11.9. The maximum atomic E-state index is 5.67. The van der Waals surface area contributed by atoms with E-state index in [2.05, 4.69) is 31.1 Å². The minimum atomic E-state index is 0.253. The lowest BCUT2D eigenvalue weighted by Crippen LogP contribution is -1.94. The Bertz CT molecular complexity index is 967. The third-order valence-electron chi connectivity index (χ3n) is 3.52. The molecule has 0 saturated heterocycles. The standard InChI is InChI=1S/C15H13N7/c1-22-8-10(6-20-22)9-4-11-12(7-19-14(11)18-5-9)13-2-3-17-15(16)21-13/h2-8H,1H3,(H,18,19)(H2,16,17,21). The van der Waals surface area contributed by atoms with Crippen LogP contribution in [0.3, 0.4) is 0 Å². The molecule has 0 atom stereocenters. The Morgan fingerprint density at radius 1 is 1.18 bits per heavy atom. The second-order valence-electron chi connectivity index (χ2n) is 5.03. The van der Waals surface area contributed by atoms with Crippen LogP contribution in [-0.2, 0) is 7.05 Å². The van der Waals surface area contributed by atoms with E-state index in [0.29, 0.717) is 0 Å². The lowest BCUT2D eigenvalue weighted by Gasteiger charge is -2.01. The number of nitrogens with one attached hydrogen (secondary N) is 1. The number of anilines is 1. The van der Waals surface area contributed by atoms with Gasteiger partial charge in [0.1, 0.15) is 5.65 Å². The van der Waals surface area contributed by atoms with Crippen molar-refractivity contribution in [1.82, 2.24) is 29.7 Å². The van der Waals surface area contributed by atoms with Crippen molar-refractivity contribution >= 4 is 17.0 Å². The summed E-state index contributed by atoms with van der Waals surface area (Å²) in [6.07, 6.45) is 9.13. The Morgan fingerprint density at radius 3 is 2.86 bits per heavy atom. The Labute approximate surface area is 125 Å². The highest BCUT2D eigenvalue weighted by atomic mass is 15.2. The van der Waals surface area contributed by atoms with Crippen molar-refractivity contribution in [3.63, 3.8) is 0 Å². The van der Waals surface area contributed by atoms with Crippen molar-refractivity contribution < 1.29 is 0 Å². The van der Waals surface area contributed by atoms with Crippen LogP contribution in [-0.4, -0.2) is 29.7 Å². The molecule has 4 aromatic rings. The van der Waals surface area contributed by atoms with Gasteiger partial charge in [0, 0.05) is 53.9 Å². The van der Waals surface area contributed by atoms with E-state index < -0.39 is 0 Å². The van der Waals surface area contributed by atoms with Crippen LogP contribution in [0.2, 0.25) is 0 Å². The van der Waals surface area contributed by atoms with Gasteiger partial charge in [-0.25, -0.2) is 15.0 Å². The number of hydrogen-bond acceptors (Lipinski definition) is 5. The fraction of sp³-hybridized carbons (Fsp3) is 0.0667. The van der Waals surface area contributed by atoms with Gasteiger partial charge in [0.15, 0.2) is 0 Å². The second kappa shape index (κ2) is 4.66. The monoisotopic (exact) mass is 291 g/mol. The number of aromatic nitrogens is 6. The number of aryl methyl sites for hydroxylation is 1. The highest BCUT2D eigenvalue weighted by Gasteiger charge is 2.11. The molecule has 0 aromatic carbocycles. The highest BCUT2D eigenvalue weighted by Crippen LogP contribution is 2.29. The van der Waals surface area contributed by atoms with Gasteiger partial charge < -0.3 is 10.7 Å². The third kappa shape index (κ3) is 1.99. The van der Waals surface area contributed by atoms with Crippen molar-refractivity contribution in [3.05, 3.63) is 43.1 Å². The molecule has 0 fully saturated rings. The Kier molecular flexibility index (Phi) is 2.65. The molecule has 4 aromatic heterocycles. The fourth-order valence-electron chi connectivity index (χ4n) is 2.47. The Morgan fingerprint density at radius 2 is 2.09 bits per heavy atom. The number of nitrogens with zero attached hydrogens (tertiary/aromatic N) is 5. The van der Waals surface area contributed by atoms with Gasteiger partial charge in [0.25, 0.3) is 0 Å². The molecule has 0 aliphatic rings. The summed E-state index contributed by atoms with van der Waals surface area (Å²) >= 11 is 0. The van der Waals surface area contributed by atoms with Crippen molar-refractivity contribution in [2.45, 2.75) is 0 Å². The van der Waals surface area contributed by atoms with E-state index in [1.165, 1.54) is 0 Å². The summed E-state index contributed by atoms with van der Waals surface area (Å²) in [5.74, 6) is 0.253. The predicted molar refractivity (Wildman–Crippen MR) is 83.7 cm³/mol. The molecule has 0 radical (unpaired) electrons. The first-order chi connectivity index (χ1) is 10.7. The molecule has 108 valence electrons. The van der Waals surface area contributed by atoms with Gasteiger partial charge in [-0.2, -0.15) is 5.10 Å². The largest absolute Gasteiger partial charge is 0.368 e. The van der Waals surface area contributed by atoms with Gasteiger partial charge in [-0.1, -0.05) is 0 Å². The predicted octanol–water partition coefficient (Wildman–Crippen LogP) is 2.00. The summed E-state index contributed by atoms with van der Waals surface area (Å²) in [5.41, 5.74) is 10.2. The van der Waals surface area contributed by atoms with Gasteiger partial charge in [0.05, 0.1) is 11.9 Å². The van der Waals surface area contributed by atoms with Gasteiger partial charge in [-0.15, -0.1) is 0 Å². The topological polar surface area (TPSA) is 98.3 Å². The minimum absolute atomic E-state index is 0.253. The number of hydrogen-bond donors (Lipinski definition) is 2. The summed E-state index contributed by atoms with van der Waals surface area (Å²) in [5, 5.41) is 5.18. The van der Waals surface area contributed by atoms with E-state index in [0.717, 1.165) is 33.4 Å². The summed E-state index contributed by atoms with van der Waals surface area (Å²) in [4.78, 5) is 15.8. The summed E-state index contributed by atoms with van der Waals surface area (Å²) in [7, 11) is 1.89. The van der Waals surface area contributed by atoms with E-state index >= 15 is 0 Å². The number of nitrogens with two attached hydrogens (primary N) is 1.